The zero-order valence-electron chi connectivity index (χ0n) is 10.7. The van der Waals surface area contributed by atoms with E-state index in [1.807, 2.05) is 18.0 Å². The van der Waals surface area contributed by atoms with Gasteiger partial charge in [0.15, 0.2) is 0 Å². The molecule has 1 heterocycles. The second-order valence-electron chi connectivity index (χ2n) is 4.07. The fourth-order valence-corrected chi connectivity index (χ4v) is 1.75. The minimum absolute atomic E-state index is 0. The Bertz CT molecular complexity index is 556. The minimum atomic E-state index is 0. The van der Waals surface area contributed by atoms with Crippen molar-refractivity contribution in [1.82, 2.24) is 4.90 Å². The molecule has 0 spiro atoms. The van der Waals surface area contributed by atoms with Gasteiger partial charge in [-0.05, 0) is 12.6 Å². The summed E-state index contributed by atoms with van der Waals surface area (Å²) in [6.07, 6.45) is 10.4. The van der Waals surface area contributed by atoms with Gasteiger partial charge < -0.3 is 4.90 Å². The van der Waals surface area contributed by atoms with Crippen molar-refractivity contribution in [3.8, 4) is 12.3 Å². The molecule has 1 aliphatic rings. The summed E-state index contributed by atoms with van der Waals surface area (Å²) in [5.41, 5.74) is 4.97. The van der Waals surface area contributed by atoms with Crippen LogP contribution in [0.5, 0.6) is 0 Å². The van der Waals surface area contributed by atoms with Crippen molar-refractivity contribution in [2.24, 2.45) is 0 Å². The maximum Gasteiger partial charge on any atom is 0.00849 e. The van der Waals surface area contributed by atoms with Crippen molar-refractivity contribution in [2.75, 3.05) is 7.05 Å². The van der Waals surface area contributed by atoms with Crippen LogP contribution in [0.15, 0.2) is 48.2 Å². The Balaban J connectivity index is 0.00000162. The van der Waals surface area contributed by atoms with Gasteiger partial charge in [-0.2, -0.15) is 12.2 Å². The first kappa shape index (κ1) is 15.0. The monoisotopic (exact) mass is 309 g/mol. The molecule has 2 rings (SSSR count). The Labute approximate surface area is 134 Å². The molecule has 1 nitrogen and oxygen atoms in total. The molecular weight excluding hydrogens is 295 g/mol. The summed E-state index contributed by atoms with van der Waals surface area (Å²) in [5, 5.41) is 0. The number of hydrogen-bond donors (Lipinski definition) is 0. The molecule has 0 bridgehead atoms. The standard InChI is InChI=1S/C16H14N.Y/c1-5-14-10-11-16(17(4)13(14)3)15-8-6-12(2)7-9-15;/h1,6-10H,3H2,2,4H3;/q-1;. The third kappa shape index (κ3) is 2.83. The second kappa shape index (κ2) is 6.18. The van der Waals surface area contributed by atoms with E-state index in [9.17, 15) is 0 Å². The maximum atomic E-state index is 5.40. The number of likely N-dealkylation sites (N-methyl/N-ethyl adjacent to an activating group) is 1. The van der Waals surface area contributed by atoms with E-state index in [1.165, 1.54) is 5.56 Å². The van der Waals surface area contributed by atoms with Crippen LogP contribution in [0, 0.1) is 25.3 Å². The van der Waals surface area contributed by atoms with Crippen LogP contribution in [0.2, 0.25) is 0 Å². The zero-order valence-corrected chi connectivity index (χ0v) is 13.5. The number of allylic oxidation sites excluding steroid dienone is 3. The minimum Gasteiger partial charge on any atom is -0.377 e. The van der Waals surface area contributed by atoms with Gasteiger partial charge in [0.2, 0.25) is 0 Å². The van der Waals surface area contributed by atoms with Gasteiger partial charge in [-0.1, -0.05) is 41.1 Å². The van der Waals surface area contributed by atoms with E-state index in [0.29, 0.717) is 0 Å². The van der Waals surface area contributed by atoms with Gasteiger partial charge in [-0.3, -0.25) is 0 Å². The molecule has 1 aliphatic heterocycles. The number of rotatable bonds is 1. The van der Waals surface area contributed by atoms with Crippen LogP contribution in [0.25, 0.3) is 5.70 Å². The van der Waals surface area contributed by atoms with Gasteiger partial charge >= 0.3 is 0 Å². The van der Waals surface area contributed by atoms with Crippen LogP contribution in [0.1, 0.15) is 11.1 Å². The summed E-state index contributed by atoms with van der Waals surface area (Å²) in [7, 11) is 1.95. The molecule has 0 saturated heterocycles. The molecule has 0 unspecified atom stereocenters. The molecule has 0 atom stereocenters. The van der Waals surface area contributed by atoms with Crippen LogP contribution in [0.4, 0.5) is 0 Å². The average molecular weight is 309 g/mol. The van der Waals surface area contributed by atoms with Gasteiger partial charge in [0, 0.05) is 39.8 Å². The molecule has 1 aromatic rings. The number of aryl methyl sites for hydroxylation is 1. The molecule has 0 amide bonds. The van der Waals surface area contributed by atoms with Crippen molar-refractivity contribution in [2.45, 2.75) is 6.92 Å². The van der Waals surface area contributed by atoms with E-state index >= 15 is 0 Å². The van der Waals surface area contributed by atoms with E-state index < -0.39 is 0 Å². The summed E-state index contributed by atoms with van der Waals surface area (Å²) < 4.78 is 0. The summed E-state index contributed by atoms with van der Waals surface area (Å²) in [4.78, 5) is 1.97. The second-order valence-corrected chi connectivity index (χ2v) is 4.07. The Hall–Kier alpha value is -1.10. The van der Waals surface area contributed by atoms with E-state index in [0.717, 1.165) is 22.5 Å². The van der Waals surface area contributed by atoms with Gasteiger partial charge in [-0.15, -0.1) is 24.5 Å². The normalized spacial score (nSPS) is 14.3. The van der Waals surface area contributed by atoms with Crippen molar-refractivity contribution < 1.29 is 32.7 Å². The van der Waals surface area contributed by atoms with Crippen molar-refractivity contribution in [3.63, 3.8) is 0 Å². The predicted molar refractivity (Wildman–Crippen MR) is 71.6 cm³/mol. The molecule has 0 saturated carbocycles. The first-order valence-electron chi connectivity index (χ1n) is 5.44. The molecule has 87 valence electrons. The molecule has 0 N–H and O–H groups in total. The van der Waals surface area contributed by atoms with E-state index in [1.54, 1.807) is 0 Å². The summed E-state index contributed by atoms with van der Waals surface area (Å²) in [6.45, 7) is 6.07. The number of benzene rings is 1. The van der Waals surface area contributed by atoms with Gasteiger partial charge in [0.25, 0.3) is 0 Å². The maximum absolute atomic E-state index is 5.40. The quantitative estimate of drug-likeness (QED) is 0.569. The summed E-state index contributed by atoms with van der Waals surface area (Å²) in [5.74, 6) is 2.61. The number of hydrogen-bond acceptors (Lipinski definition) is 1. The van der Waals surface area contributed by atoms with Crippen molar-refractivity contribution >= 4 is 5.70 Å². The van der Waals surface area contributed by atoms with Crippen molar-refractivity contribution in [3.05, 3.63) is 65.4 Å². The molecule has 0 aliphatic carbocycles. The average Bonchev–Trinajstić information content (AvgIpc) is 2.34. The summed E-state index contributed by atoms with van der Waals surface area (Å²) in [6, 6.07) is 8.33. The molecular formula is C16H14NY-. The Morgan fingerprint density at radius 1 is 1.28 bits per heavy atom. The zero-order chi connectivity index (χ0) is 12.4. The van der Waals surface area contributed by atoms with Crippen LogP contribution < -0.4 is 0 Å². The third-order valence-electron chi connectivity index (χ3n) is 2.88. The van der Waals surface area contributed by atoms with Gasteiger partial charge in [0.05, 0.1) is 0 Å². The molecule has 1 radical (unpaired) electrons. The molecule has 0 aromatic heterocycles. The molecule has 1 aromatic carbocycles. The van der Waals surface area contributed by atoms with E-state index in [4.69, 9.17) is 6.42 Å². The summed E-state index contributed by atoms with van der Waals surface area (Å²) >= 11 is 0. The van der Waals surface area contributed by atoms with E-state index in [-0.39, 0.29) is 32.7 Å². The van der Waals surface area contributed by atoms with Gasteiger partial charge in [0.1, 0.15) is 0 Å². The Morgan fingerprint density at radius 3 is 2.44 bits per heavy atom. The fraction of sp³-hybridized carbons (Fsp3) is 0.125. The van der Waals surface area contributed by atoms with Crippen LogP contribution in [-0.2, 0) is 32.7 Å². The number of nitrogens with zero attached hydrogens (tertiary/aromatic N) is 1. The third-order valence-corrected chi connectivity index (χ3v) is 2.88. The molecule has 18 heavy (non-hydrogen) atoms. The molecule has 2 heteroatoms. The first-order valence-corrected chi connectivity index (χ1v) is 5.44. The first-order chi connectivity index (χ1) is 8.13. The Kier molecular flexibility index (Phi) is 5.14. The predicted octanol–water partition coefficient (Wildman–Crippen LogP) is 3.16. The largest absolute Gasteiger partial charge is 0.377 e. The van der Waals surface area contributed by atoms with E-state index in [2.05, 4.69) is 49.8 Å². The fourth-order valence-electron chi connectivity index (χ4n) is 1.75. The van der Waals surface area contributed by atoms with Crippen LogP contribution in [-0.4, -0.2) is 11.9 Å². The number of terminal acetylenes is 1. The Morgan fingerprint density at radius 2 is 1.89 bits per heavy atom. The SMILES string of the molecule is C#CC1=C[C-]=C(c2ccc(C)cc2)N(C)C1=C.[Y]. The van der Waals surface area contributed by atoms with Crippen molar-refractivity contribution in [1.29, 1.82) is 0 Å². The van der Waals surface area contributed by atoms with Crippen LogP contribution >= 0.6 is 0 Å². The topological polar surface area (TPSA) is 3.24 Å². The van der Waals surface area contributed by atoms with Crippen LogP contribution in [0.3, 0.4) is 0 Å². The molecule has 0 fully saturated rings. The smallest absolute Gasteiger partial charge is 0.00849 e. The van der Waals surface area contributed by atoms with Gasteiger partial charge in [-0.25, -0.2) is 0 Å².